The quantitative estimate of drug-likeness (QED) is 0.692. The average molecular weight is 198 g/mol. The van der Waals surface area contributed by atoms with E-state index in [1.54, 1.807) is 0 Å². The summed E-state index contributed by atoms with van der Waals surface area (Å²) < 4.78 is 0. The van der Waals surface area contributed by atoms with Gasteiger partial charge in [0.1, 0.15) is 0 Å². The van der Waals surface area contributed by atoms with Crippen molar-refractivity contribution in [3.63, 3.8) is 0 Å². The second-order valence-corrected chi connectivity index (χ2v) is 4.81. The zero-order valence-electron chi connectivity index (χ0n) is 9.26. The van der Waals surface area contributed by atoms with E-state index in [1.807, 2.05) is 18.2 Å². The number of hydrogen-bond donors (Lipinski definition) is 1. The van der Waals surface area contributed by atoms with E-state index in [9.17, 15) is 0 Å². The number of aromatic amines is 1. The van der Waals surface area contributed by atoms with Crippen LogP contribution in [0, 0.1) is 11.3 Å². The normalized spacial score (nSPS) is 11.6. The minimum Gasteiger partial charge on any atom is -0.358 e. The molecule has 1 heterocycles. The van der Waals surface area contributed by atoms with Crippen molar-refractivity contribution in [2.75, 3.05) is 0 Å². The first-order valence-electron chi connectivity index (χ1n) is 5.04. The molecule has 0 aliphatic carbocycles. The van der Waals surface area contributed by atoms with Gasteiger partial charge >= 0.3 is 0 Å². The number of nitrogens with zero attached hydrogens (tertiary/aromatic N) is 1. The summed E-state index contributed by atoms with van der Waals surface area (Å²) in [6, 6.07) is 10.1. The lowest BCUT2D eigenvalue weighted by Crippen LogP contribution is -2.10. The number of fused-ring (bicyclic) bond motifs is 1. The maximum Gasteiger partial charge on any atom is 0.0998 e. The molecule has 2 nitrogen and oxygen atoms in total. The Labute approximate surface area is 89.5 Å². The molecule has 76 valence electrons. The van der Waals surface area contributed by atoms with Crippen LogP contribution in [0.5, 0.6) is 0 Å². The minimum absolute atomic E-state index is 0.0890. The van der Waals surface area contributed by atoms with Gasteiger partial charge in [-0.15, -0.1) is 0 Å². The molecular formula is C13H14N2. The van der Waals surface area contributed by atoms with Crippen LogP contribution in [0.1, 0.15) is 32.0 Å². The third-order valence-electron chi connectivity index (χ3n) is 2.59. The van der Waals surface area contributed by atoms with Crippen molar-refractivity contribution in [3.8, 4) is 6.07 Å². The minimum atomic E-state index is 0.0890. The van der Waals surface area contributed by atoms with Crippen molar-refractivity contribution < 1.29 is 0 Å². The Morgan fingerprint density at radius 3 is 2.60 bits per heavy atom. The zero-order valence-corrected chi connectivity index (χ0v) is 9.26. The fourth-order valence-corrected chi connectivity index (χ4v) is 1.66. The maximum absolute atomic E-state index is 8.98. The summed E-state index contributed by atoms with van der Waals surface area (Å²) in [6.45, 7) is 6.47. The van der Waals surface area contributed by atoms with Gasteiger partial charge in [0.05, 0.1) is 11.6 Å². The number of H-pyrrole nitrogens is 1. The predicted molar refractivity (Wildman–Crippen MR) is 61.7 cm³/mol. The standard InChI is InChI=1S/C13H14N2/c1-13(2,3)12-7-10-9(8-14)5-4-6-11(10)15-12/h4-7,15H,1-3H3. The van der Waals surface area contributed by atoms with Crippen LogP contribution in [0.4, 0.5) is 0 Å². The molecular weight excluding hydrogens is 184 g/mol. The molecule has 2 heteroatoms. The van der Waals surface area contributed by atoms with Crippen molar-refractivity contribution in [1.82, 2.24) is 4.98 Å². The van der Waals surface area contributed by atoms with Gasteiger partial charge in [-0.05, 0) is 18.2 Å². The van der Waals surface area contributed by atoms with Gasteiger partial charge in [0.25, 0.3) is 0 Å². The molecule has 0 atom stereocenters. The lowest BCUT2D eigenvalue weighted by Gasteiger charge is -2.15. The highest BCUT2D eigenvalue weighted by atomic mass is 14.7. The molecule has 1 aromatic heterocycles. The Bertz CT molecular complexity index is 536. The van der Waals surface area contributed by atoms with Gasteiger partial charge in [0.15, 0.2) is 0 Å². The molecule has 0 bridgehead atoms. The molecule has 0 unspecified atom stereocenters. The van der Waals surface area contributed by atoms with E-state index in [1.165, 1.54) is 5.69 Å². The third kappa shape index (κ3) is 1.61. The number of nitrogens with one attached hydrogen (secondary N) is 1. The second-order valence-electron chi connectivity index (χ2n) is 4.81. The second kappa shape index (κ2) is 3.13. The van der Waals surface area contributed by atoms with Gasteiger partial charge in [0.2, 0.25) is 0 Å². The lowest BCUT2D eigenvalue weighted by atomic mass is 9.92. The number of benzene rings is 1. The van der Waals surface area contributed by atoms with E-state index in [4.69, 9.17) is 5.26 Å². The molecule has 2 aromatic rings. The van der Waals surface area contributed by atoms with Gasteiger partial charge < -0.3 is 4.98 Å². The molecule has 0 aliphatic heterocycles. The number of hydrogen-bond acceptors (Lipinski definition) is 1. The van der Waals surface area contributed by atoms with E-state index in [2.05, 4.69) is 37.9 Å². The summed E-state index contributed by atoms with van der Waals surface area (Å²) in [7, 11) is 0. The largest absolute Gasteiger partial charge is 0.358 e. The molecule has 0 spiro atoms. The number of aromatic nitrogens is 1. The Hall–Kier alpha value is -1.75. The van der Waals surface area contributed by atoms with E-state index in [-0.39, 0.29) is 5.41 Å². The molecule has 0 saturated heterocycles. The molecule has 0 fully saturated rings. The van der Waals surface area contributed by atoms with E-state index in [0.717, 1.165) is 16.5 Å². The Kier molecular flexibility index (Phi) is 2.04. The molecule has 2 rings (SSSR count). The van der Waals surface area contributed by atoms with Crippen molar-refractivity contribution in [3.05, 3.63) is 35.5 Å². The molecule has 0 saturated carbocycles. The highest BCUT2D eigenvalue weighted by Crippen LogP contribution is 2.27. The highest BCUT2D eigenvalue weighted by Gasteiger charge is 2.16. The van der Waals surface area contributed by atoms with Crippen LogP contribution >= 0.6 is 0 Å². The number of nitriles is 1. The maximum atomic E-state index is 8.98. The smallest absolute Gasteiger partial charge is 0.0998 e. The Morgan fingerprint density at radius 1 is 1.27 bits per heavy atom. The predicted octanol–water partition coefficient (Wildman–Crippen LogP) is 3.34. The zero-order chi connectivity index (χ0) is 11.1. The van der Waals surface area contributed by atoms with Crippen molar-refractivity contribution in [1.29, 1.82) is 5.26 Å². The van der Waals surface area contributed by atoms with Gasteiger partial charge in [-0.2, -0.15) is 5.26 Å². The summed E-state index contributed by atoms with van der Waals surface area (Å²) >= 11 is 0. The SMILES string of the molecule is CC(C)(C)c1cc2c(C#N)cccc2[nH]1. The van der Waals surface area contributed by atoms with Crippen LogP contribution in [0.3, 0.4) is 0 Å². The van der Waals surface area contributed by atoms with E-state index in [0.29, 0.717) is 0 Å². The number of rotatable bonds is 0. The van der Waals surface area contributed by atoms with Crippen LogP contribution in [0.2, 0.25) is 0 Å². The van der Waals surface area contributed by atoms with Crippen molar-refractivity contribution in [2.45, 2.75) is 26.2 Å². The summed E-state index contributed by atoms with van der Waals surface area (Å²) in [6.07, 6.45) is 0. The molecule has 1 N–H and O–H groups in total. The average Bonchev–Trinajstić information content (AvgIpc) is 2.59. The van der Waals surface area contributed by atoms with Crippen LogP contribution < -0.4 is 0 Å². The first kappa shape index (κ1) is 9.79. The van der Waals surface area contributed by atoms with Gasteiger partial charge in [0, 0.05) is 22.0 Å². The fourth-order valence-electron chi connectivity index (χ4n) is 1.66. The van der Waals surface area contributed by atoms with Gasteiger partial charge in [-0.1, -0.05) is 26.8 Å². The summed E-state index contributed by atoms with van der Waals surface area (Å²) in [4.78, 5) is 3.36. The van der Waals surface area contributed by atoms with Gasteiger partial charge in [-0.25, -0.2) is 0 Å². The molecule has 0 aliphatic rings. The molecule has 0 amide bonds. The highest BCUT2D eigenvalue weighted by molar-refractivity contribution is 5.86. The van der Waals surface area contributed by atoms with Crippen LogP contribution in [-0.2, 0) is 5.41 Å². The Balaban J connectivity index is 2.72. The van der Waals surface area contributed by atoms with E-state index < -0.39 is 0 Å². The first-order valence-corrected chi connectivity index (χ1v) is 5.04. The molecule has 0 radical (unpaired) electrons. The lowest BCUT2D eigenvalue weighted by molar-refractivity contribution is 0.574. The van der Waals surface area contributed by atoms with Crippen LogP contribution in [-0.4, -0.2) is 4.98 Å². The van der Waals surface area contributed by atoms with E-state index >= 15 is 0 Å². The van der Waals surface area contributed by atoms with Crippen LogP contribution in [0.15, 0.2) is 24.3 Å². The topological polar surface area (TPSA) is 39.6 Å². The first-order chi connectivity index (χ1) is 7.02. The monoisotopic (exact) mass is 198 g/mol. The Morgan fingerprint density at radius 2 is 2.00 bits per heavy atom. The third-order valence-corrected chi connectivity index (χ3v) is 2.59. The van der Waals surface area contributed by atoms with Crippen molar-refractivity contribution >= 4 is 10.9 Å². The van der Waals surface area contributed by atoms with Gasteiger partial charge in [-0.3, -0.25) is 0 Å². The fraction of sp³-hybridized carbons (Fsp3) is 0.308. The molecule has 15 heavy (non-hydrogen) atoms. The summed E-state index contributed by atoms with van der Waals surface area (Å²) in [5.41, 5.74) is 3.03. The van der Waals surface area contributed by atoms with Crippen molar-refractivity contribution in [2.24, 2.45) is 0 Å². The molecule has 1 aromatic carbocycles. The summed E-state index contributed by atoms with van der Waals surface area (Å²) in [5.74, 6) is 0. The summed E-state index contributed by atoms with van der Waals surface area (Å²) in [5, 5.41) is 10.0. The van der Waals surface area contributed by atoms with Crippen LogP contribution in [0.25, 0.3) is 10.9 Å².